The quantitative estimate of drug-likeness (QED) is 0.882. The van der Waals surface area contributed by atoms with Gasteiger partial charge in [0.2, 0.25) is 0 Å². The normalized spacial score (nSPS) is 18.9. The van der Waals surface area contributed by atoms with Gasteiger partial charge in [0.1, 0.15) is 0 Å². The van der Waals surface area contributed by atoms with Gasteiger partial charge in [-0.2, -0.15) is 0 Å². The number of benzene rings is 1. The Morgan fingerprint density at radius 3 is 2.00 bits per heavy atom. The molecule has 5 nitrogen and oxygen atoms in total. The zero-order valence-corrected chi connectivity index (χ0v) is 16.3. The first-order valence-corrected chi connectivity index (χ1v) is 9.80. The van der Waals surface area contributed by atoms with E-state index in [0.29, 0.717) is 32.2 Å². The molecule has 1 saturated heterocycles. The molecule has 0 unspecified atom stereocenters. The highest BCUT2D eigenvalue weighted by Crippen LogP contribution is 2.23. The first-order valence-electron chi connectivity index (χ1n) is 9.80. The number of nitrogens with one attached hydrogen (secondary N) is 1. The van der Waals surface area contributed by atoms with Gasteiger partial charge < -0.3 is 15.1 Å². The van der Waals surface area contributed by atoms with Crippen LogP contribution in [0.3, 0.4) is 0 Å². The predicted molar refractivity (Wildman–Crippen MR) is 103 cm³/mol. The molecular weight excluding hydrogens is 326 g/mol. The minimum absolute atomic E-state index is 0.0264. The van der Waals surface area contributed by atoms with Crippen LogP contribution in [-0.4, -0.2) is 54.0 Å². The molecule has 0 spiro atoms. The van der Waals surface area contributed by atoms with Crippen molar-refractivity contribution in [2.45, 2.75) is 57.9 Å². The van der Waals surface area contributed by atoms with Crippen molar-refractivity contribution in [1.82, 2.24) is 15.1 Å². The Bertz CT molecular complexity index is 634. The lowest BCUT2D eigenvalue weighted by atomic mass is 9.86. The summed E-state index contributed by atoms with van der Waals surface area (Å²) in [6.07, 6.45) is 4.60. The topological polar surface area (TPSA) is 52.7 Å². The van der Waals surface area contributed by atoms with E-state index in [-0.39, 0.29) is 17.4 Å². The van der Waals surface area contributed by atoms with Crippen LogP contribution >= 0.6 is 0 Å². The molecule has 1 aromatic carbocycles. The minimum atomic E-state index is 0.0264. The van der Waals surface area contributed by atoms with E-state index < -0.39 is 0 Å². The van der Waals surface area contributed by atoms with Crippen LogP contribution < -0.4 is 5.32 Å². The van der Waals surface area contributed by atoms with E-state index in [4.69, 9.17) is 0 Å². The lowest BCUT2D eigenvalue weighted by molar-refractivity contribution is 0.0663. The highest BCUT2D eigenvalue weighted by Gasteiger charge is 2.27. The Kier molecular flexibility index (Phi) is 5.54. The van der Waals surface area contributed by atoms with Crippen molar-refractivity contribution in [3.63, 3.8) is 0 Å². The summed E-state index contributed by atoms with van der Waals surface area (Å²) in [6, 6.07) is 8.28. The smallest absolute Gasteiger partial charge is 0.317 e. The number of nitrogens with zero attached hydrogens (tertiary/aromatic N) is 2. The van der Waals surface area contributed by atoms with Crippen LogP contribution in [0.2, 0.25) is 0 Å². The monoisotopic (exact) mass is 357 g/mol. The molecule has 1 saturated carbocycles. The fourth-order valence-electron chi connectivity index (χ4n) is 3.74. The van der Waals surface area contributed by atoms with E-state index in [1.165, 1.54) is 18.4 Å². The number of amides is 3. The van der Waals surface area contributed by atoms with Gasteiger partial charge in [-0.05, 0) is 36.0 Å². The van der Waals surface area contributed by atoms with Gasteiger partial charge in [0.15, 0.2) is 0 Å². The van der Waals surface area contributed by atoms with Crippen molar-refractivity contribution in [3.8, 4) is 0 Å². The number of urea groups is 1. The summed E-state index contributed by atoms with van der Waals surface area (Å²) in [6.45, 7) is 8.89. The van der Waals surface area contributed by atoms with Crippen LogP contribution in [0.1, 0.15) is 62.4 Å². The molecule has 0 aromatic heterocycles. The van der Waals surface area contributed by atoms with Gasteiger partial charge in [0.05, 0.1) is 0 Å². The number of carbonyl (C=O) groups excluding carboxylic acids is 2. The van der Waals surface area contributed by atoms with Crippen LogP contribution in [0.15, 0.2) is 24.3 Å². The SMILES string of the molecule is CC(C)(C)c1ccc(C(=O)N2CCN(C(=O)NC3CCCC3)CC2)cc1. The summed E-state index contributed by atoms with van der Waals surface area (Å²) in [5.74, 6) is 0.0568. The fourth-order valence-corrected chi connectivity index (χ4v) is 3.74. The fraction of sp³-hybridized carbons (Fsp3) is 0.619. The molecule has 1 aromatic rings. The molecule has 0 atom stereocenters. The van der Waals surface area contributed by atoms with E-state index in [1.807, 2.05) is 34.1 Å². The molecule has 1 N–H and O–H groups in total. The van der Waals surface area contributed by atoms with E-state index in [2.05, 4.69) is 26.1 Å². The Balaban J connectivity index is 1.52. The first-order chi connectivity index (χ1) is 12.3. The van der Waals surface area contributed by atoms with Gasteiger partial charge in [-0.1, -0.05) is 45.7 Å². The molecular formula is C21H31N3O2. The van der Waals surface area contributed by atoms with Crippen LogP contribution in [0, 0.1) is 0 Å². The third kappa shape index (κ3) is 4.37. The lowest BCUT2D eigenvalue weighted by Gasteiger charge is -2.35. The van der Waals surface area contributed by atoms with Gasteiger partial charge in [0, 0.05) is 37.8 Å². The standard InChI is InChI=1S/C21H31N3O2/c1-21(2,3)17-10-8-16(9-11-17)19(25)23-12-14-24(15-13-23)20(26)22-18-6-4-5-7-18/h8-11,18H,4-7,12-15H2,1-3H3,(H,22,26). The first kappa shape index (κ1) is 18.7. The van der Waals surface area contributed by atoms with E-state index in [9.17, 15) is 9.59 Å². The second kappa shape index (κ2) is 7.68. The van der Waals surface area contributed by atoms with E-state index >= 15 is 0 Å². The Morgan fingerprint density at radius 1 is 0.923 bits per heavy atom. The molecule has 3 rings (SSSR count). The maximum absolute atomic E-state index is 12.7. The molecule has 2 fully saturated rings. The van der Waals surface area contributed by atoms with Crippen LogP contribution in [-0.2, 0) is 5.41 Å². The number of carbonyl (C=O) groups is 2. The van der Waals surface area contributed by atoms with Crippen molar-refractivity contribution in [1.29, 1.82) is 0 Å². The van der Waals surface area contributed by atoms with Crippen LogP contribution in [0.4, 0.5) is 4.79 Å². The Labute approximate surface area is 156 Å². The second-order valence-electron chi connectivity index (χ2n) is 8.54. The molecule has 142 valence electrons. The highest BCUT2D eigenvalue weighted by molar-refractivity contribution is 5.94. The predicted octanol–water partition coefficient (Wildman–Crippen LogP) is 3.39. The summed E-state index contributed by atoms with van der Waals surface area (Å²) in [5, 5.41) is 3.13. The third-order valence-corrected chi connectivity index (χ3v) is 5.53. The molecule has 0 radical (unpaired) electrons. The summed E-state index contributed by atoms with van der Waals surface area (Å²) < 4.78 is 0. The molecule has 1 aliphatic heterocycles. The van der Waals surface area contributed by atoms with E-state index in [0.717, 1.165) is 18.4 Å². The number of rotatable bonds is 2. The zero-order valence-electron chi connectivity index (χ0n) is 16.3. The van der Waals surface area contributed by atoms with Gasteiger partial charge in [0.25, 0.3) is 5.91 Å². The van der Waals surface area contributed by atoms with Gasteiger partial charge in [-0.3, -0.25) is 4.79 Å². The Morgan fingerprint density at radius 2 is 1.46 bits per heavy atom. The average Bonchev–Trinajstić information content (AvgIpc) is 3.13. The summed E-state index contributed by atoms with van der Waals surface area (Å²) in [5.41, 5.74) is 2.03. The Hall–Kier alpha value is -2.04. The maximum atomic E-state index is 12.7. The van der Waals surface area contributed by atoms with Gasteiger partial charge >= 0.3 is 6.03 Å². The molecule has 1 heterocycles. The molecule has 3 amide bonds. The third-order valence-electron chi connectivity index (χ3n) is 5.53. The van der Waals surface area contributed by atoms with Crippen molar-refractivity contribution >= 4 is 11.9 Å². The molecule has 5 heteroatoms. The summed E-state index contributed by atoms with van der Waals surface area (Å²) >= 11 is 0. The van der Waals surface area contributed by atoms with Crippen molar-refractivity contribution in [2.24, 2.45) is 0 Å². The molecule has 0 bridgehead atoms. The molecule has 2 aliphatic rings. The minimum Gasteiger partial charge on any atom is -0.335 e. The summed E-state index contributed by atoms with van der Waals surface area (Å²) in [4.78, 5) is 28.8. The molecule has 26 heavy (non-hydrogen) atoms. The largest absolute Gasteiger partial charge is 0.335 e. The number of hydrogen-bond donors (Lipinski definition) is 1. The zero-order chi connectivity index (χ0) is 18.7. The average molecular weight is 357 g/mol. The van der Waals surface area contributed by atoms with Crippen LogP contribution in [0.5, 0.6) is 0 Å². The van der Waals surface area contributed by atoms with Crippen molar-refractivity contribution in [2.75, 3.05) is 26.2 Å². The van der Waals surface area contributed by atoms with Crippen LogP contribution in [0.25, 0.3) is 0 Å². The lowest BCUT2D eigenvalue weighted by Crippen LogP contribution is -2.54. The summed E-state index contributed by atoms with van der Waals surface area (Å²) in [7, 11) is 0. The number of hydrogen-bond acceptors (Lipinski definition) is 2. The molecule has 1 aliphatic carbocycles. The van der Waals surface area contributed by atoms with Crippen molar-refractivity contribution < 1.29 is 9.59 Å². The number of piperazine rings is 1. The maximum Gasteiger partial charge on any atom is 0.317 e. The highest BCUT2D eigenvalue weighted by atomic mass is 16.2. The van der Waals surface area contributed by atoms with Gasteiger partial charge in [-0.25, -0.2) is 4.79 Å². The van der Waals surface area contributed by atoms with Crippen molar-refractivity contribution in [3.05, 3.63) is 35.4 Å². The van der Waals surface area contributed by atoms with E-state index in [1.54, 1.807) is 0 Å². The second-order valence-corrected chi connectivity index (χ2v) is 8.54. The van der Waals surface area contributed by atoms with Gasteiger partial charge in [-0.15, -0.1) is 0 Å².